The fraction of sp³-hybridized carbons (Fsp3) is 0.538. The van der Waals surface area contributed by atoms with E-state index in [-0.39, 0.29) is 5.54 Å². The lowest BCUT2D eigenvalue weighted by Crippen LogP contribution is -2.40. The van der Waals surface area contributed by atoms with E-state index in [0.717, 1.165) is 28.1 Å². The molecule has 1 aliphatic carbocycles. The summed E-state index contributed by atoms with van der Waals surface area (Å²) in [4.78, 5) is 0. The molecular formula is C13H17Cl2N. The molecule has 3 heteroatoms. The Balaban J connectivity index is 2.04. The van der Waals surface area contributed by atoms with E-state index in [2.05, 4.69) is 19.2 Å². The minimum Gasteiger partial charge on any atom is -0.307 e. The van der Waals surface area contributed by atoms with Crippen molar-refractivity contribution in [3.63, 3.8) is 0 Å². The zero-order valence-electron chi connectivity index (χ0n) is 9.69. The number of nitrogens with one attached hydrogen (secondary N) is 1. The van der Waals surface area contributed by atoms with Crippen LogP contribution in [0, 0.1) is 5.92 Å². The van der Waals surface area contributed by atoms with Crippen LogP contribution in [0.2, 0.25) is 10.0 Å². The molecule has 2 rings (SSSR count). The number of rotatable bonds is 4. The third-order valence-electron chi connectivity index (χ3n) is 3.38. The number of benzene rings is 1. The molecule has 0 saturated heterocycles. The van der Waals surface area contributed by atoms with Gasteiger partial charge in [-0.25, -0.2) is 0 Å². The number of hydrogen-bond donors (Lipinski definition) is 1. The van der Waals surface area contributed by atoms with Gasteiger partial charge in [0.25, 0.3) is 0 Å². The summed E-state index contributed by atoms with van der Waals surface area (Å²) in [7, 11) is 0. The van der Waals surface area contributed by atoms with E-state index in [1.807, 2.05) is 18.2 Å². The largest absolute Gasteiger partial charge is 0.307 e. The maximum absolute atomic E-state index is 6.13. The Morgan fingerprint density at radius 1 is 1.25 bits per heavy atom. The van der Waals surface area contributed by atoms with Gasteiger partial charge in [-0.2, -0.15) is 0 Å². The van der Waals surface area contributed by atoms with Crippen LogP contribution in [-0.2, 0) is 6.54 Å². The fourth-order valence-corrected chi connectivity index (χ4v) is 2.50. The summed E-state index contributed by atoms with van der Waals surface area (Å²) in [6.07, 6.45) is 2.66. The molecule has 0 aromatic heterocycles. The molecule has 0 amide bonds. The van der Waals surface area contributed by atoms with Crippen molar-refractivity contribution in [1.29, 1.82) is 0 Å². The normalized spacial score (nSPS) is 16.5. The van der Waals surface area contributed by atoms with Gasteiger partial charge in [0.05, 0.1) is 0 Å². The van der Waals surface area contributed by atoms with Gasteiger partial charge >= 0.3 is 0 Å². The Bertz CT molecular complexity index is 363. The highest BCUT2D eigenvalue weighted by Crippen LogP contribution is 2.39. The number of halogens is 2. The van der Waals surface area contributed by atoms with Crippen molar-refractivity contribution in [2.24, 2.45) is 5.92 Å². The summed E-state index contributed by atoms with van der Waals surface area (Å²) < 4.78 is 0. The highest BCUT2D eigenvalue weighted by Gasteiger charge is 2.37. The minimum absolute atomic E-state index is 0.183. The third-order valence-corrected chi connectivity index (χ3v) is 4.09. The van der Waals surface area contributed by atoms with Crippen molar-refractivity contribution < 1.29 is 0 Å². The Labute approximate surface area is 107 Å². The van der Waals surface area contributed by atoms with E-state index < -0.39 is 0 Å². The van der Waals surface area contributed by atoms with Crippen LogP contribution in [0.4, 0.5) is 0 Å². The summed E-state index contributed by atoms with van der Waals surface area (Å²) in [6.45, 7) is 5.23. The first-order valence-electron chi connectivity index (χ1n) is 5.68. The first-order chi connectivity index (χ1) is 7.50. The van der Waals surface area contributed by atoms with Crippen molar-refractivity contribution in [1.82, 2.24) is 5.32 Å². The van der Waals surface area contributed by atoms with Gasteiger partial charge < -0.3 is 5.32 Å². The maximum atomic E-state index is 6.13. The molecule has 1 aromatic carbocycles. The Hall–Kier alpha value is -0.240. The highest BCUT2D eigenvalue weighted by molar-refractivity contribution is 6.35. The van der Waals surface area contributed by atoms with Gasteiger partial charge in [0.15, 0.2) is 0 Å². The fourth-order valence-electron chi connectivity index (χ4n) is 1.97. The highest BCUT2D eigenvalue weighted by atomic mass is 35.5. The summed E-state index contributed by atoms with van der Waals surface area (Å²) in [6, 6.07) is 5.64. The molecule has 16 heavy (non-hydrogen) atoms. The van der Waals surface area contributed by atoms with Crippen LogP contribution in [0.15, 0.2) is 18.2 Å². The minimum atomic E-state index is 0.183. The van der Waals surface area contributed by atoms with Crippen molar-refractivity contribution >= 4 is 23.2 Å². The van der Waals surface area contributed by atoms with Crippen molar-refractivity contribution in [3.05, 3.63) is 33.8 Å². The Morgan fingerprint density at radius 3 is 2.31 bits per heavy atom. The van der Waals surface area contributed by atoms with Crippen LogP contribution in [0.5, 0.6) is 0 Å². The molecular weight excluding hydrogens is 241 g/mol. The molecule has 1 aromatic rings. The standard InChI is InChI=1S/C13H17Cl2N/c1-13(2,9-6-7-9)16-8-10-11(14)4-3-5-12(10)15/h3-5,9,16H,6-8H2,1-2H3. The van der Waals surface area contributed by atoms with E-state index in [1.165, 1.54) is 12.8 Å². The van der Waals surface area contributed by atoms with Gasteiger partial charge in [-0.3, -0.25) is 0 Å². The predicted octanol–water partition coefficient (Wildman–Crippen LogP) is 4.27. The quantitative estimate of drug-likeness (QED) is 0.850. The van der Waals surface area contributed by atoms with E-state index in [1.54, 1.807) is 0 Å². The molecule has 0 heterocycles. The lowest BCUT2D eigenvalue weighted by Gasteiger charge is -2.26. The molecule has 1 N–H and O–H groups in total. The van der Waals surface area contributed by atoms with Crippen LogP contribution in [-0.4, -0.2) is 5.54 Å². The molecule has 0 unspecified atom stereocenters. The van der Waals surface area contributed by atoms with Gasteiger partial charge in [-0.1, -0.05) is 29.3 Å². The molecule has 1 nitrogen and oxygen atoms in total. The molecule has 0 aliphatic heterocycles. The van der Waals surface area contributed by atoms with Crippen molar-refractivity contribution in [3.8, 4) is 0 Å². The summed E-state index contributed by atoms with van der Waals surface area (Å²) >= 11 is 12.3. The summed E-state index contributed by atoms with van der Waals surface area (Å²) in [5.41, 5.74) is 1.18. The van der Waals surface area contributed by atoms with Crippen LogP contribution in [0.3, 0.4) is 0 Å². The Morgan fingerprint density at radius 2 is 1.81 bits per heavy atom. The van der Waals surface area contributed by atoms with Crippen LogP contribution in [0.1, 0.15) is 32.3 Å². The van der Waals surface area contributed by atoms with Gasteiger partial charge in [0.2, 0.25) is 0 Å². The zero-order valence-corrected chi connectivity index (χ0v) is 11.2. The van der Waals surface area contributed by atoms with E-state index in [0.29, 0.717) is 0 Å². The van der Waals surface area contributed by atoms with Crippen molar-refractivity contribution in [2.45, 2.75) is 38.8 Å². The molecule has 1 saturated carbocycles. The van der Waals surface area contributed by atoms with Gasteiger partial charge in [0.1, 0.15) is 0 Å². The molecule has 1 fully saturated rings. The van der Waals surface area contributed by atoms with Gasteiger partial charge in [0, 0.05) is 27.7 Å². The van der Waals surface area contributed by atoms with E-state index in [4.69, 9.17) is 23.2 Å². The maximum Gasteiger partial charge on any atom is 0.0465 e. The van der Waals surface area contributed by atoms with E-state index in [9.17, 15) is 0 Å². The molecule has 0 atom stereocenters. The molecule has 88 valence electrons. The average molecular weight is 258 g/mol. The third kappa shape index (κ3) is 2.71. The van der Waals surface area contributed by atoms with Crippen molar-refractivity contribution in [2.75, 3.05) is 0 Å². The topological polar surface area (TPSA) is 12.0 Å². The average Bonchev–Trinajstić information content (AvgIpc) is 2.99. The van der Waals surface area contributed by atoms with Crippen LogP contribution >= 0.6 is 23.2 Å². The summed E-state index contributed by atoms with van der Waals surface area (Å²) in [5.74, 6) is 0.800. The monoisotopic (exact) mass is 257 g/mol. The molecule has 0 spiro atoms. The molecule has 1 aliphatic rings. The Kier molecular flexibility index (Phi) is 3.48. The smallest absolute Gasteiger partial charge is 0.0465 e. The lowest BCUT2D eigenvalue weighted by molar-refractivity contribution is 0.339. The summed E-state index contributed by atoms with van der Waals surface area (Å²) in [5, 5.41) is 5.03. The second-order valence-electron chi connectivity index (χ2n) is 5.05. The lowest BCUT2D eigenvalue weighted by atomic mass is 9.98. The number of hydrogen-bond acceptors (Lipinski definition) is 1. The second-order valence-corrected chi connectivity index (χ2v) is 5.86. The first kappa shape index (κ1) is 12.2. The van der Waals surface area contributed by atoms with Gasteiger partial charge in [-0.05, 0) is 44.7 Å². The van der Waals surface area contributed by atoms with Gasteiger partial charge in [-0.15, -0.1) is 0 Å². The van der Waals surface area contributed by atoms with Crippen LogP contribution < -0.4 is 5.32 Å². The first-order valence-corrected chi connectivity index (χ1v) is 6.44. The molecule has 0 bridgehead atoms. The SMILES string of the molecule is CC(C)(NCc1c(Cl)cccc1Cl)C1CC1. The van der Waals surface area contributed by atoms with Crippen LogP contribution in [0.25, 0.3) is 0 Å². The predicted molar refractivity (Wildman–Crippen MR) is 70.1 cm³/mol. The second kappa shape index (κ2) is 4.56. The zero-order chi connectivity index (χ0) is 11.8. The van der Waals surface area contributed by atoms with E-state index >= 15 is 0 Å². The molecule has 0 radical (unpaired) electrons.